The number of fused-ring (bicyclic) bond motifs is 1. The molecule has 0 aliphatic rings. The Balaban J connectivity index is 1.62. The van der Waals surface area contributed by atoms with Crippen LogP contribution in [0.3, 0.4) is 0 Å². The molecule has 0 atom stereocenters. The molecule has 25 heavy (non-hydrogen) atoms. The number of nitrogens with one attached hydrogen (secondary N) is 4. The number of benzene rings is 1. The van der Waals surface area contributed by atoms with Gasteiger partial charge < -0.3 is 15.6 Å². The fraction of sp³-hybridized carbons (Fsp3) is 0.278. The molecule has 0 fully saturated rings. The number of aryl methyl sites for hydroxylation is 2. The molecular weight excluding hydrogens is 318 g/mol. The van der Waals surface area contributed by atoms with Gasteiger partial charge in [-0.15, -0.1) is 0 Å². The minimum Gasteiger partial charge on any atom is -0.354 e. The topological polar surface area (TPSA) is 103 Å². The Bertz CT molecular complexity index is 957. The highest BCUT2D eigenvalue weighted by Crippen LogP contribution is 2.22. The SMILES string of the molecule is CCc1c(C(=O)NCCNc2nc(C)cc(=O)[nH]2)[nH]c2ccccc12. The zero-order valence-corrected chi connectivity index (χ0v) is 14.3. The second-order valence-electron chi connectivity index (χ2n) is 5.80. The van der Waals surface area contributed by atoms with Crippen molar-refractivity contribution in [1.29, 1.82) is 0 Å². The van der Waals surface area contributed by atoms with Crippen molar-refractivity contribution in [3.63, 3.8) is 0 Å². The molecule has 1 amide bonds. The number of H-pyrrole nitrogens is 2. The van der Waals surface area contributed by atoms with Gasteiger partial charge in [-0.05, 0) is 25.0 Å². The predicted molar refractivity (Wildman–Crippen MR) is 98.1 cm³/mol. The number of hydrogen-bond donors (Lipinski definition) is 4. The summed E-state index contributed by atoms with van der Waals surface area (Å²) in [6.45, 7) is 4.66. The number of carbonyl (C=O) groups excluding carboxylic acids is 1. The molecular formula is C18H21N5O2. The zero-order chi connectivity index (χ0) is 17.8. The van der Waals surface area contributed by atoms with Gasteiger partial charge in [0.1, 0.15) is 5.69 Å². The summed E-state index contributed by atoms with van der Waals surface area (Å²) >= 11 is 0. The van der Waals surface area contributed by atoms with Crippen LogP contribution in [0, 0.1) is 6.92 Å². The van der Waals surface area contributed by atoms with Gasteiger partial charge in [-0.1, -0.05) is 25.1 Å². The summed E-state index contributed by atoms with van der Waals surface area (Å²) in [6, 6.07) is 9.32. The van der Waals surface area contributed by atoms with Crippen LogP contribution in [0.25, 0.3) is 10.9 Å². The number of rotatable bonds is 6. The summed E-state index contributed by atoms with van der Waals surface area (Å²) in [4.78, 5) is 33.8. The lowest BCUT2D eigenvalue weighted by Crippen LogP contribution is -2.30. The van der Waals surface area contributed by atoms with Gasteiger partial charge in [0.05, 0.1) is 0 Å². The van der Waals surface area contributed by atoms with Crippen LogP contribution in [0.5, 0.6) is 0 Å². The molecule has 2 heterocycles. The van der Waals surface area contributed by atoms with E-state index in [2.05, 4.69) is 25.6 Å². The van der Waals surface area contributed by atoms with E-state index in [1.54, 1.807) is 6.92 Å². The summed E-state index contributed by atoms with van der Waals surface area (Å²) < 4.78 is 0. The number of para-hydroxylation sites is 1. The van der Waals surface area contributed by atoms with Crippen LogP contribution in [0.2, 0.25) is 0 Å². The first kappa shape index (κ1) is 16.8. The molecule has 0 saturated carbocycles. The number of aromatic nitrogens is 3. The van der Waals surface area contributed by atoms with Crippen LogP contribution in [0.4, 0.5) is 5.95 Å². The first-order chi connectivity index (χ1) is 12.1. The van der Waals surface area contributed by atoms with Crippen molar-refractivity contribution in [3.8, 4) is 0 Å². The maximum atomic E-state index is 12.5. The summed E-state index contributed by atoms with van der Waals surface area (Å²) in [6.07, 6.45) is 0.777. The van der Waals surface area contributed by atoms with E-state index in [9.17, 15) is 9.59 Å². The molecule has 7 heteroatoms. The molecule has 0 saturated heterocycles. The van der Waals surface area contributed by atoms with Gasteiger partial charge in [-0.3, -0.25) is 14.6 Å². The maximum absolute atomic E-state index is 12.5. The molecule has 1 aromatic carbocycles. The van der Waals surface area contributed by atoms with Crippen LogP contribution in [0.1, 0.15) is 28.7 Å². The Kier molecular flexibility index (Phi) is 4.83. The van der Waals surface area contributed by atoms with E-state index in [0.717, 1.165) is 22.9 Å². The van der Waals surface area contributed by atoms with Gasteiger partial charge in [-0.2, -0.15) is 0 Å². The van der Waals surface area contributed by atoms with Crippen molar-refractivity contribution >= 4 is 22.8 Å². The Morgan fingerprint density at radius 3 is 2.76 bits per heavy atom. The van der Waals surface area contributed by atoms with Crippen molar-refractivity contribution in [2.75, 3.05) is 18.4 Å². The number of hydrogen-bond acceptors (Lipinski definition) is 4. The molecule has 0 aliphatic carbocycles. The highest BCUT2D eigenvalue weighted by molar-refractivity contribution is 6.01. The van der Waals surface area contributed by atoms with E-state index >= 15 is 0 Å². The molecule has 0 bridgehead atoms. The molecule has 0 spiro atoms. The van der Waals surface area contributed by atoms with E-state index in [1.165, 1.54) is 6.07 Å². The van der Waals surface area contributed by atoms with Crippen molar-refractivity contribution in [2.45, 2.75) is 20.3 Å². The van der Waals surface area contributed by atoms with Gasteiger partial charge in [0.25, 0.3) is 11.5 Å². The van der Waals surface area contributed by atoms with Gasteiger partial charge in [0, 0.05) is 35.8 Å². The first-order valence-corrected chi connectivity index (χ1v) is 8.28. The normalized spacial score (nSPS) is 10.8. The van der Waals surface area contributed by atoms with E-state index in [1.807, 2.05) is 31.2 Å². The predicted octanol–water partition coefficient (Wildman–Crippen LogP) is 1.96. The fourth-order valence-electron chi connectivity index (χ4n) is 2.87. The summed E-state index contributed by atoms with van der Waals surface area (Å²) in [7, 11) is 0. The van der Waals surface area contributed by atoms with Gasteiger partial charge in [0.15, 0.2) is 0 Å². The molecule has 3 aromatic rings. The quantitative estimate of drug-likeness (QED) is 0.516. The maximum Gasteiger partial charge on any atom is 0.268 e. The third-order valence-corrected chi connectivity index (χ3v) is 3.97. The fourth-order valence-corrected chi connectivity index (χ4v) is 2.87. The second-order valence-corrected chi connectivity index (χ2v) is 5.80. The van der Waals surface area contributed by atoms with Crippen molar-refractivity contribution < 1.29 is 4.79 Å². The Hall–Kier alpha value is -3.09. The molecule has 3 rings (SSSR count). The molecule has 4 N–H and O–H groups in total. The van der Waals surface area contributed by atoms with E-state index < -0.39 is 0 Å². The number of amides is 1. The van der Waals surface area contributed by atoms with Crippen LogP contribution < -0.4 is 16.2 Å². The average molecular weight is 339 g/mol. The Morgan fingerprint density at radius 2 is 2.00 bits per heavy atom. The van der Waals surface area contributed by atoms with E-state index in [4.69, 9.17) is 0 Å². The first-order valence-electron chi connectivity index (χ1n) is 8.28. The minimum atomic E-state index is -0.204. The minimum absolute atomic E-state index is 0.138. The third kappa shape index (κ3) is 3.71. The van der Waals surface area contributed by atoms with Gasteiger partial charge >= 0.3 is 0 Å². The molecule has 130 valence electrons. The molecule has 0 unspecified atom stereocenters. The molecule has 0 aliphatic heterocycles. The monoisotopic (exact) mass is 339 g/mol. The number of nitrogens with zero attached hydrogens (tertiary/aromatic N) is 1. The van der Waals surface area contributed by atoms with Crippen molar-refractivity contribution in [2.24, 2.45) is 0 Å². The number of aromatic amines is 2. The van der Waals surface area contributed by atoms with Crippen LogP contribution >= 0.6 is 0 Å². The summed E-state index contributed by atoms with van der Waals surface area (Å²) in [5, 5.41) is 6.96. The highest BCUT2D eigenvalue weighted by atomic mass is 16.2. The lowest BCUT2D eigenvalue weighted by molar-refractivity contribution is 0.0950. The van der Waals surface area contributed by atoms with E-state index in [0.29, 0.717) is 30.4 Å². The molecule has 2 aromatic heterocycles. The van der Waals surface area contributed by atoms with Gasteiger partial charge in [0.2, 0.25) is 5.95 Å². The smallest absolute Gasteiger partial charge is 0.268 e. The van der Waals surface area contributed by atoms with Crippen LogP contribution in [0.15, 0.2) is 35.1 Å². The zero-order valence-electron chi connectivity index (χ0n) is 14.3. The van der Waals surface area contributed by atoms with Crippen molar-refractivity contribution in [3.05, 3.63) is 57.6 Å². The van der Waals surface area contributed by atoms with Crippen LogP contribution in [-0.2, 0) is 6.42 Å². The lowest BCUT2D eigenvalue weighted by Gasteiger charge is -2.08. The standard InChI is InChI=1S/C18H21N5O2/c1-3-12-13-6-4-5-7-14(13)22-16(12)17(25)19-8-9-20-18-21-11(2)10-15(24)23-18/h4-7,10,22H,3,8-9H2,1-2H3,(H,19,25)(H2,20,21,23,24). The Labute approximate surface area is 144 Å². The third-order valence-electron chi connectivity index (χ3n) is 3.97. The summed E-state index contributed by atoms with van der Waals surface area (Å²) in [5.41, 5.74) is 3.02. The number of anilines is 1. The summed E-state index contributed by atoms with van der Waals surface area (Å²) in [5.74, 6) is 0.264. The average Bonchev–Trinajstić information content (AvgIpc) is 2.96. The van der Waals surface area contributed by atoms with Gasteiger partial charge in [-0.25, -0.2) is 4.98 Å². The lowest BCUT2D eigenvalue weighted by atomic mass is 10.1. The van der Waals surface area contributed by atoms with Crippen LogP contribution in [-0.4, -0.2) is 33.9 Å². The largest absolute Gasteiger partial charge is 0.354 e. The number of carbonyl (C=O) groups is 1. The van der Waals surface area contributed by atoms with Crippen molar-refractivity contribution in [1.82, 2.24) is 20.3 Å². The molecule has 0 radical (unpaired) electrons. The molecule has 7 nitrogen and oxygen atoms in total. The second kappa shape index (κ2) is 7.21. The highest BCUT2D eigenvalue weighted by Gasteiger charge is 2.15. The van der Waals surface area contributed by atoms with E-state index in [-0.39, 0.29) is 11.5 Å². The Morgan fingerprint density at radius 1 is 1.20 bits per heavy atom.